The third-order valence-corrected chi connectivity index (χ3v) is 6.26. The van der Waals surface area contributed by atoms with Gasteiger partial charge in [0, 0.05) is 37.3 Å². The van der Waals surface area contributed by atoms with Crippen molar-refractivity contribution in [2.24, 2.45) is 0 Å². The molecule has 1 fully saturated rings. The first-order valence-corrected chi connectivity index (χ1v) is 11.5. The number of rotatable bonds is 6. The summed E-state index contributed by atoms with van der Waals surface area (Å²) in [6.07, 6.45) is 1.68. The maximum Gasteiger partial charge on any atom is 0.254 e. The number of methoxy groups -OCH3 is 2. The summed E-state index contributed by atoms with van der Waals surface area (Å²) in [6, 6.07) is 23.0. The van der Waals surface area contributed by atoms with E-state index in [9.17, 15) is 4.79 Å². The van der Waals surface area contributed by atoms with E-state index in [2.05, 4.69) is 16.0 Å². The first-order chi connectivity index (χ1) is 17.2. The molecule has 5 rings (SSSR count). The van der Waals surface area contributed by atoms with E-state index in [1.807, 2.05) is 71.6 Å². The number of para-hydroxylation sites is 2. The number of oxazole rings is 1. The molecule has 0 saturated carbocycles. The van der Waals surface area contributed by atoms with Crippen molar-refractivity contribution in [2.45, 2.75) is 0 Å². The molecule has 1 aromatic heterocycles. The second-order valence-corrected chi connectivity index (χ2v) is 8.25. The van der Waals surface area contributed by atoms with Crippen LogP contribution in [0, 0.1) is 0 Å². The Hall–Kier alpha value is -4.26. The second-order valence-electron chi connectivity index (χ2n) is 8.25. The van der Waals surface area contributed by atoms with Gasteiger partial charge < -0.3 is 23.7 Å². The smallest absolute Gasteiger partial charge is 0.254 e. The number of benzene rings is 3. The van der Waals surface area contributed by atoms with E-state index in [-0.39, 0.29) is 5.91 Å². The summed E-state index contributed by atoms with van der Waals surface area (Å²) in [5, 5.41) is 0. The van der Waals surface area contributed by atoms with Crippen LogP contribution in [0.5, 0.6) is 11.5 Å². The molecule has 1 aliphatic rings. The van der Waals surface area contributed by atoms with E-state index in [0.717, 1.165) is 35.8 Å². The van der Waals surface area contributed by atoms with E-state index in [1.165, 1.54) is 0 Å². The van der Waals surface area contributed by atoms with Crippen molar-refractivity contribution in [1.82, 2.24) is 9.88 Å². The van der Waals surface area contributed by atoms with Gasteiger partial charge >= 0.3 is 0 Å². The van der Waals surface area contributed by atoms with Crippen molar-refractivity contribution in [3.63, 3.8) is 0 Å². The molecule has 7 nitrogen and oxygen atoms in total. The van der Waals surface area contributed by atoms with Gasteiger partial charge in [0.2, 0.25) is 5.89 Å². The average molecular weight is 470 g/mol. The van der Waals surface area contributed by atoms with E-state index in [4.69, 9.17) is 13.9 Å². The van der Waals surface area contributed by atoms with Crippen molar-refractivity contribution < 1.29 is 18.7 Å². The van der Waals surface area contributed by atoms with Crippen molar-refractivity contribution in [1.29, 1.82) is 0 Å². The van der Waals surface area contributed by atoms with Crippen LogP contribution in [0.25, 0.3) is 22.8 Å². The first-order valence-electron chi connectivity index (χ1n) is 11.5. The van der Waals surface area contributed by atoms with Crippen molar-refractivity contribution in [3.8, 4) is 34.3 Å². The highest BCUT2D eigenvalue weighted by Gasteiger charge is 2.26. The maximum atomic E-state index is 13.5. The number of carbonyl (C=O) groups is 1. The lowest BCUT2D eigenvalue weighted by Crippen LogP contribution is -2.49. The highest BCUT2D eigenvalue weighted by atomic mass is 16.5. The molecule has 0 spiro atoms. The van der Waals surface area contributed by atoms with Crippen LogP contribution in [-0.2, 0) is 0 Å². The molecule has 0 N–H and O–H groups in total. The average Bonchev–Trinajstić information content (AvgIpc) is 3.43. The minimum Gasteiger partial charge on any atom is -0.497 e. The monoisotopic (exact) mass is 469 g/mol. The Bertz CT molecular complexity index is 1310. The fourth-order valence-corrected chi connectivity index (χ4v) is 4.36. The van der Waals surface area contributed by atoms with Crippen molar-refractivity contribution in [2.75, 3.05) is 45.3 Å². The molecule has 35 heavy (non-hydrogen) atoms. The molecule has 2 heterocycles. The fraction of sp³-hybridized carbons (Fsp3) is 0.214. The van der Waals surface area contributed by atoms with Crippen LogP contribution in [0.2, 0.25) is 0 Å². The zero-order valence-corrected chi connectivity index (χ0v) is 19.8. The molecule has 0 unspecified atom stereocenters. The van der Waals surface area contributed by atoms with Crippen molar-refractivity contribution >= 4 is 11.6 Å². The first kappa shape index (κ1) is 22.5. The fourth-order valence-electron chi connectivity index (χ4n) is 4.36. The van der Waals surface area contributed by atoms with Crippen LogP contribution in [0.4, 0.5) is 5.69 Å². The Kier molecular flexibility index (Phi) is 6.39. The Balaban J connectivity index is 1.33. The van der Waals surface area contributed by atoms with Gasteiger partial charge in [-0.3, -0.25) is 4.79 Å². The number of ether oxygens (including phenoxy) is 2. The predicted octanol–water partition coefficient (Wildman–Crippen LogP) is 4.99. The molecule has 7 heteroatoms. The lowest BCUT2D eigenvalue weighted by molar-refractivity contribution is 0.0747. The van der Waals surface area contributed by atoms with Gasteiger partial charge in [-0.1, -0.05) is 24.3 Å². The molecule has 3 aromatic carbocycles. The summed E-state index contributed by atoms with van der Waals surface area (Å²) >= 11 is 0. The Labute approximate surface area is 204 Å². The third kappa shape index (κ3) is 4.57. The second kappa shape index (κ2) is 9.93. The summed E-state index contributed by atoms with van der Waals surface area (Å²) in [4.78, 5) is 22.1. The standard InChI is InChI=1S/C28H27N3O4/c1-33-21-13-11-20(12-14-21)26-19-29-27(35-26)22-7-3-4-8-23(22)28(32)31-17-15-30(16-18-31)24-9-5-6-10-25(24)34-2/h3-14,19H,15-18H2,1-2H3. The highest BCUT2D eigenvalue weighted by Crippen LogP contribution is 2.31. The largest absolute Gasteiger partial charge is 0.497 e. The van der Waals surface area contributed by atoms with Crippen LogP contribution in [-0.4, -0.2) is 56.2 Å². The van der Waals surface area contributed by atoms with Crippen molar-refractivity contribution in [3.05, 3.63) is 84.6 Å². The normalized spacial score (nSPS) is 13.5. The molecule has 0 radical (unpaired) electrons. The van der Waals surface area contributed by atoms with E-state index >= 15 is 0 Å². The number of aromatic nitrogens is 1. The van der Waals surface area contributed by atoms with Crippen LogP contribution in [0.15, 0.2) is 83.4 Å². The topological polar surface area (TPSA) is 68.0 Å². The summed E-state index contributed by atoms with van der Waals surface area (Å²) in [7, 11) is 3.31. The van der Waals surface area contributed by atoms with Gasteiger partial charge in [0.05, 0.1) is 31.7 Å². The zero-order chi connectivity index (χ0) is 24.2. The Morgan fingerprint density at radius 3 is 2.31 bits per heavy atom. The summed E-state index contributed by atoms with van der Waals surface area (Å²) in [6.45, 7) is 2.70. The number of nitrogens with zero attached hydrogens (tertiary/aromatic N) is 3. The van der Waals surface area contributed by atoms with Gasteiger partial charge in [0.1, 0.15) is 11.5 Å². The minimum atomic E-state index is -0.0236. The lowest BCUT2D eigenvalue weighted by Gasteiger charge is -2.36. The summed E-state index contributed by atoms with van der Waals surface area (Å²) in [5.41, 5.74) is 3.21. The number of piperazine rings is 1. The van der Waals surface area contributed by atoms with Gasteiger partial charge in [-0.05, 0) is 48.5 Å². The lowest BCUT2D eigenvalue weighted by atomic mass is 10.1. The van der Waals surface area contributed by atoms with Crippen LogP contribution in [0.1, 0.15) is 10.4 Å². The number of hydrogen-bond acceptors (Lipinski definition) is 6. The molecule has 0 bridgehead atoms. The molecule has 1 saturated heterocycles. The number of carbonyl (C=O) groups excluding carboxylic acids is 1. The molecule has 1 amide bonds. The summed E-state index contributed by atoms with van der Waals surface area (Å²) in [5.74, 6) is 2.65. The Morgan fingerprint density at radius 1 is 0.857 bits per heavy atom. The van der Waals surface area contributed by atoms with E-state index in [0.29, 0.717) is 35.9 Å². The van der Waals surface area contributed by atoms with Crippen LogP contribution >= 0.6 is 0 Å². The Morgan fingerprint density at radius 2 is 1.57 bits per heavy atom. The van der Waals surface area contributed by atoms with Gasteiger partial charge in [-0.25, -0.2) is 4.98 Å². The number of amides is 1. The quantitative estimate of drug-likeness (QED) is 0.396. The molecule has 0 atom stereocenters. The zero-order valence-electron chi connectivity index (χ0n) is 19.8. The van der Waals surface area contributed by atoms with Gasteiger partial charge in [-0.2, -0.15) is 0 Å². The van der Waals surface area contributed by atoms with Crippen LogP contribution < -0.4 is 14.4 Å². The van der Waals surface area contributed by atoms with E-state index < -0.39 is 0 Å². The number of hydrogen-bond donors (Lipinski definition) is 0. The number of anilines is 1. The van der Waals surface area contributed by atoms with Crippen LogP contribution in [0.3, 0.4) is 0 Å². The molecule has 0 aliphatic carbocycles. The van der Waals surface area contributed by atoms with E-state index in [1.54, 1.807) is 20.4 Å². The molecule has 4 aromatic rings. The minimum absolute atomic E-state index is 0.0236. The third-order valence-electron chi connectivity index (χ3n) is 6.26. The van der Waals surface area contributed by atoms with Gasteiger partial charge in [0.25, 0.3) is 5.91 Å². The van der Waals surface area contributed by atoms with Gasteiger partial charge in [-0.15, -0.1) is 0 Å². The molecule has 1 aliphatic heterocycles. The molecular formula is C28H27N3O4. The highest BCUT2D eigenvalue weighted by molar-refractivity contribution is 6.00. The summed E-state index contributed by atoms with van der Waals surface area (Å²) < 4.78 is 16.8. The SMILES string of the molecule is COc1ccc(-c2cnc(-c3ccccc3C(=O)N3CCN(c4ccccc4OC)CC3)o2)cc1. The maximum absolute atomic E-state index is 13.5. The van der Waals surface area contributed by atoms with Gasteiger partial charge in [0.15, 0.2) is 5.76 Å². The molecular weight excluding hydrogens is 442 g/mol. The predicted molar refractivity (Wildman–Crippen MR) is 135 cm³/mol. The molecule has 178 valence electrons.